The number of hydrogen-bond donors (Lipinski definition) is 1. The van der Waals surface area contributed by atoms with Crippen molar-refractivity contribution in [2.45, 2.75) is 32.3 Å². The third-order valence-electron chi connectivity index (χ3n) is 4.77. The topological polar surface area (TPSA) is 55.4 Å². The fourth-order valence-electron chi connectivity index (χ4n) is 3.56. The molecule has 4 nitrogen and oxygen atoms in total. The molecule has 0 atom stereocenters. The third-order valence-corrected chi connectivity index (χ3v) is 4.77. The maximum atomic E-state index is 12.6. The van der Waals surface area contributed by atoms with E-state index in [9.17, 15) is 9.59 Å². The number of ketones is 1. The standard InChI is InChI=1S/C23H21NO3/c1-23(2)14-20(25)19-13-17(10-11-21(19)27-23)24-22(26)12-16-8-5-7-15-6-3-4-9-18(15)16/h3-11,13H,12,14H2,1-2H3,(H,24,26). The van der Waals surface area contributed by atoms with Crippen molar-refractivity contribution in [3.63, 3.8) is 0 Å². The van der Waals surface area contributed by atoms with E-state index < -0.39 is 5.60 Å². The van der Waals surface area contributed by atoms with Crippen LogP contribution in [0.3, 0.4) is 0 Å². The Kier molecular flexibility index (Phi) is 4.19. The van der Waals surface area contributed by atoms with Crippen LogP contribution in [0.4, 0.5) is 5.69 Å². The molecule has 0 radical (unpaired) electrons. The predicted molar refractivity (Wildman–Crippen MR) is 106 cm³/mol. The van der Waals surface area contributed by atoms with Gasteiger partial charge in [-0.3, -0.25) is 9.59 Å². The summed E-state index contributed by atoms with van der Waals surface area (Å²) in [5, 5.41) is 5.09. The van der Waals surface area contributed by atoms with Crippen molar-refractivity contribution in [2.24, 2.45) is 0 Å². The van der Waals surface area contributed by atoms with Gasteiger partial charge in [-0.25, -0.2) is 0 Å². The normalized spacial score (nSPS) is 15.1. The van der Waals surface area contributed by atoms with E-state index in [1.807, 2.05) is 56.3 Å². The lowest BCUT2D eigenvalue weighted by Crippen LogP contribution is -2.35. The molecule has 1 aliphatic rings. The monoisotopic (exact) mass is 359 g/mol. The van der Waals surface area contributed by atoms with Gasteiger partial charge in [-0.1, -0.05) is 42.5 Å². The number of carbonyl (C=O) groups is 2. The highest BCUT2D eigenvalue weighted by Crippen LogP contribution is 2.34. The van der Waals surface area contributed by atoms with Crippen molar-refractivity contribution in [3.05, 3.63) is 71.8 Å². The van der Waals surface area contributed by atoms with Crippen LogP contribution in [0.5, 0.6) is 5.75 Å². The van der Waals surface area contributed by atoms with Crippen molar-refractivity contribution in [3.8, 4) is 5.75 Å². The fourth-order valence-corrected chi connectivity index (χ4v) is 3.56. The molecule has 0 aromatic heterocycles. The predicted octanol–water partition coefficient (Wildman–Crippen LogP) is 4.76. The van der Waals surface area contributed by atoms with E-state index in [2.05, 4.69) is 5.32 Å². The molecular weight excluding hydrogens is 338 g/mol. The van der Waals surface area contributed by atoms with E-state index in [0.717, 1.165) is 16.3 Å². The Morgan fingerprint density at radius 3 is 2.70 bits per heavy atom. The number of rotatable bonds is 3. The molecule has 1 amide bonds. The number of fused-ring (bicyclic) bond motifs is 2. The van der Waals surface area contributed by atoms with Crippen LogP contribution >= 0.6 is 0 Å². The van der Waals surface area contributed by atoms with Crippen LogP contribution in [0.15, 0.2) is 60.7 Å². The van der Waals surface area contributed by atoms with Gasteiger partial charge < -0.3 is 10.1 Å². The molecule has 3 aromatic rings. The SMILES string of the molecule is CC1(C)CC(=O)c2cc(NC(=O)Cc3cccc4ccccc34)ccc2O1. The van der Waals surface area contributed by atoms with Gasteiger partial charge in [0.2, 0.25) is 5.91 Å². The third kappa shape index (κ3) is 3.56. The minimum Gasteiger partial charge on any atom is -0.487 e. The Hall–Kier alpha value is -3.14. The van der Waals surface area contributed by atoms with E-state index in [1.165, 1.54) is 0 Å². The minimum absolute atomic E-state index is 0.0337. The zero-order valence-corrected chi connectivity index (χ0v) is 15.4. The lowest BCUT2D eigenvalue weighted by molar-refractivity contribution is -0.115. The smallest absolute Gasteiger partial charge is 0.228 e. The number of anilines is 1. The number of carbonyl (C=O) groups excluding carboxylic acids is 2. The van der Waals surface area contributed by atoms with E-state index in [-0.39, 0.29) is 18.1 Å². The van der Waals surface area contributed by atoms with Gasteiger partial charge in [0, 0.05) is 5.69 Å². The fraction of sp³-hybridized carbons (Fsp3) is 0.217. The molecule has 0 aliphatic carbocycles. The molecule has 0 bridgehead atoms. The summed E-state index contributed by atoms with van der Waals surface area (Å²) < 4.78 is 5.86. The zero-order valence-electron chi connectivity index (χ0n) is 15.4. The van der Waals surface area contributed by atoms with Gasteiger partial charge >= 0.3 is 0 Å². The van der Waals surface area contributed by atoms with Gasteiger partial charge in [0.15, 0.2) is 5.78 Å². The summed E-state index contributed by atoms with van der Waals surface area (Å²) in [5.41, 5.74) is 1.61. The average Bonchev–Trinajstić information content (AvgIpc) is 2.62. The molecule has 1 heterocycles. The van der Waals surface area contributed by atoms with Gasteiger partial charge in [0.1, 0.15) is 11.4 Å². The number of nitrogens with one attached hydrogen (secondary N) is 1. The van der Waals surface area contributed by atoms with E-state index in [0.29, 0.717) is 23.4 Å². The molecule has 1 N–H and O–H groups in total. The highest BCUT2D eigenvalue weighted by molar-refractivity contribution is 6.02. The van der Waals surface area contributed by atoms with Crippen molar-refractivity contribution < 1.29 is 14.3 Å². The maximum absolute atomic E-state index is 12.6. The van der Waals surface area contributed by atoms with Crippen LogP contribution in [-0.4, -0.2) is 17.3 Å². The molecule has 0 unspecified atom stereocenters. The van der Waals surface area contributed by atoms with Gasteiger partial charge in [0.05, 0.1) is 18.4 Å². The molecule has 1 aliphatic heterocycles. The largest absolute Gasteiger partial charge is 0.487 e. The lowest BCUT2D eigenvalue weighted by atomic mass is 9.93. The Balaban J connectivity index is 1.54. The van der Waals surface area contributed by atoms with Crippen LogP contribution in [-0.2, 0) is 11.2 Å². The second kappa shape index (κ2) is 6.54. The summed E-state index contributed by atoms with van der Waals surface area (Å²) in [5.74, 6) is 0.491. The van der Waals surface area contributed by atoms with Gasteiger partial charge in [-0.15, -0.1) is 0 Å². The Morgan fingerprint density at radius 2 is 1.85 bits per heavy atom. The molecule has 0 fully saturated rings. The van der Waals surface area contributed by atoms with E-state index >= 15 is 0 Å². The summed E-state index contributed by atoms with van der Waals surface area (Å²) in [4.78, 5) is 24.9. The van der Waals surface area contributed by atoms with Crippen molar-refractivity contribution in [1.82, 2.24) is 0 Å². The molecule has 136 valence electrons. The summed E-state index contributed by atoms with van der Waals surface area (Å²) in [7, 11) is 0. The van der Waals surface area contributed by atoms with E-state index in [4.69, 9.17) is 4.74 Å². The summed E-state index contributed by atoms with van der Waals surface area (Å²) >= 11 is 0. The lowest BCUT2D eigenvalue weighted by Gasteiger charge is -2.31. The van der Waals surface area contributed by atoms with Crippen molar-refractivity contribution in [1.29, 1.82) is 0 Å². The second-order valence-corrected chi connectivity index (χ2v) is 7.54. The molecule has 0 saturated heterocycles. The van der Waals surface area contributed by atoms with Gasteiger partial charge in [-0.05, 0) is 48.4 Å². The van der Waals surface area contributed by atoms with Crippen LogP contribution in [0, 0.1) is 0 Å². The highest BCUT2D eigenvalue weighted by Gasteiger charge is 2.32. The molecule has 27 heavy (non-hydrogen) atoms. The first-order chi connectivity index (χ1) is 12.9. The molecular formula is C23H21NO3. The number of ether oxygens (including phenoxy) is 1. The molecule has 4 heteroatoms. The average molecular weight is 359 g/mol. The Morgan fingerprint density at radius 1 is 1.07 bits per heavy atom. The number of Topliss-reactive ketones (excluding diaryl/α,β-unsaturated/α-hetero) is 1. The highest BCUT2D eigenvalue weighted by atomic mass is 16.5. The van der Waals surface area contributed by atoms with Gasteiger partial charge in [0.25, 0.3) is 0 Å². The van der Waals surface area contributed by atoms with E-state index in [1.54, 1.807) is 18.2 Å². The Labute approximate surface area is 158 Å². The summed E-state index contributed by atoms with van der Waals surface area (Å²) in [6.07, 6.45) is 0.601. The molecule has 0 spiro atoms. The van der Waals surface area contributed by atoms with Crippen molar-refractivity contribution in [2.75, 3.05) is 5.32 Å². The van der Waals surface area contributed by atoms with Crippen LogP contribution in [0.1, 0.15) is 36.2 Å². The summed E-state index contributed by atoms with van der Waals surface area (Å²) in [6, 6.07) is 19.2. The van der Waals surface area contributed by atoms with Crippen LogP contribution in [0.25, 0.3) is 10.8 Å². The number of hydrogen-bond acceptors (Lipinski definition) is 3. The molecule has 3 aromatic carbocycles. The van der Waals surface area contributed by atoms with Crippen LogP contribution in [0.2, 0.25) is 0 Å². The second-order valence-electron chi connectivity index (χ2n) is 7.54. The maximum Gasteiger partial charge on any atom is 0.228 e. The van der Waals surface area contributed by atoms with Crippen molar-refractivity contribution >= 4 is 28.2 Å². The quantitative estimate of drug-likeness (QED) is 0.733. The first kappa shape index (κ1) is 17.3. The van der Waals surface area contributed by atoms with Gasteiger partial charge in [-0.2, -0.15) is 0 Å². The zero-order chi connectivity index (χ0) is 19.0. The summed E-state index contributed by atoms with van der Waals surface area (Å²) in [6.45, 7) is 3.79. The molecule has 0 saturated carbocycles. The number of amides is 1. The minimum atomic E-state index is -0.497. The molecule has 4 rings (SSSR count). The van der Waals surface area contributed by atoms with Crippen LogP contribution < -0.4 is 10.1 Å². The number of benzene rings is 3. The Bertz CT molecular complexity index is 1050. The first-order valence-corrected chi connectivity index (χ1v) is 9.04. The first-order valence-electron chi connectivity index (χ1n) is 9.04.